The van der Waals surface area contributed by atoms with Gasteiger partial charge in [0.1, 0.15) is 6.20 Å². The fourth-order valence-corrected chi connectivity index (χ4v) is 1.45. The second-order valence-corrected chi connectivity index (χ2v) is 3.59. The quantitative estimate of drug-likeness (QED) is 0.628. The van der Waals surface area contributed by atoms with Crippen molar-refractivity contribution in [1.82, 2.24) is 9.97 Å². The van der Waals surface area contributed by atoms with Gasteiger partial charge in [0.2, 0.25) is 5.95 Å². The average Bonchev–Trinajstić information content (AvgIpc) is 2.29. The molecule has 0 fully saturated rings. The van der Waals surface area contributed by atoms with E-state index in [4.69, 9.17) is 5.73 Å². The lowest BCUT2D eigenvalue weighted by Crippen LogP contribution is -2.01. The number of nitrogens with two attached hydrogens (primary N) is 1. The van der Waals surface area contributed by atoms with Crippen LogP contribution in [0.15, 0.2) is 30.5 Å². The van der Waals surface area contributed by atoms with Crippen molar-refractivity contribution in [2.45, 2.75) is 6.92 Å². The standard InChI is InChI=1S/C11H10N4O2/c1-7-2-4-8(5-3-7)10-9(15(16)17)6-13-11(12)14-10/h2-6H,1H3,(H2,12,13,14). The largest absolute Gasteiger partial charge is 0.368 e. The van der Waals surface area contributed by atoms with E-state index < -0.39 is 4.92 Å². The number of rotatable bonds is 2. The highest BCUT2D eigenvalue weighted by molar-refractivity contribution is 5.69. The monoisotopic (exact) mass is 230 g/mol. The minimum atomic E-state index is -0.519. The summed E-state index contributed by atoms with van der Waals surface area (Å²) >= 11 is 0. The van der Waals surface area contributed by atoms with Gasteiger partial charge in [0, 0.05) is 5.56 Å². The normalized spacial score (nSPS) is 10.2. The third-order valence-corrected chi connectivity index (χ3v) is 2.31. The van der Waals surface area contributed by atoms with Crippen LogP contribution in [0.1, 0.15) is 5.56 Å². The predicted molar refractivity (Wildman–Crippen MR) is 63.3 cm³/mol. The molecule has 0 spiro atoms. The van der Waals surface area contributed by atoms with Crippen molar-refractivity contribution in [2.24, 2.45) is 0 Å². The lowest BCUT2D eigenvalue weighted by molar-refractivity contribution is -0.384. The minimum absolute atomic E-state index is 0.0196. The van der Waals surface area contributed by atoms with E-state index in [1.807, 2.05) is 19.1 Å². The van der Waals surface area contributed by atoms with E-state index in [1.165, 1.54) is 0 Å². The number of anilines is 1. The van der Waals surface area contributed by atoms with Gasteiger partial charge in [0.25, 0.3) is 0 Å². The van der Waals surface area contributed by atoms with Gasteiger partial charge in [0.05, 0.1) is 4.92 Å². The molecule has 86 valence electrons. The zero-order valence-corrected chi connectivity index (χ0v) is 9.12. The van der Waals surface area contributed by atoms with E-state index in [0.29, 0.717) is 5.56 Å². The number of nitrogens with zero attached hydrogens (tertiary/aromatic N) is 3. The first kappa shape index (κ1) is 11.0. The van der Waals surface area contributed by atoms with Crippen molar-refractivity contribution in [2.75, 3.05) is 5.73 Å². The lowest BCUT2D eigenvalue weighted by Gasteiger charge is -2.03. The molecule has 1 heterocycles. The highest BCUT2D eigenvalue weighted by Crippen LogP contribution is 2.27. The summed E-state index contributed by atoms with van der Waals surface area (Å²) in [4.78, 5) is 17.9. The number of aryl methyl sites for hydroxylation is 1. The average molecular weight is 230 g/mol. The molecule has 0 bridgehead atoms. The summed E-state index contributed by atoms with van der Waals surface area (Å²) < 4.78 is 0. The molecule has 0 saturated heterocycles. The lowest BCUT2D eigenvalue weighted by atomic mass is 10.1. The molecule has 0 aliphatic carbocycles. The smallest absolute Gasteiger partial charge is 0.313 e. The third-order valence-electron chi connectivity index (χ3n) is 2.31. The summed E-state index contributed by atoms with van der Waals surface area (Å²) in [6, 6.07) is 7.25. The molecule has 2 rings (SSSR count). The third kappa shape index (κ3) is 2.20. The number of benzene rings is 1. The fourth-order valence-electron chi connectivity index (χ4n) is 1.45. The summed E-state index contributed by atoms with van der Waals surface area (Å²) in [6.45, 7) is 1.94. The minimum Gasteiger partial charge on any atom is -0.368 e. The maximum Gasteiger partial charge on any atom is 0.313 e. The Balaban J connectivity index is 2.60. The number of nitro groups is 1. The topological polar surface area (TPSA) is 94.9 Å². The van der Waals surface area contributed by atoms with Crippen molar-refractivity contribution < 1.29 is 4.92 Å². The van der Waals surface area contributed by atoms with Crippen LogP contribution in [0.3, 0.4) is 0 Å². The van der Waals surface area contributed by atoms with Crippen molar-refractivity contribution in [1.29, 1.82) is 0 Å². The predicted octanol–water partition coefficient (Wildman–Crippen LogP) is 1.94. The highest BCUT2D eigenvalue weighted by atomic mass is 16.6. The summed E-state index contributed by atoms with van der Waals surface area (Å²) in [5.74, 6) is 0.0196. The second-order valence-electron chi connectivity index (χ2n) is 3.59. The van der Waals surface area contributed by atoms with E-state index in [0.717, 1.165) is 11.8 Å². The first-order valence-corrected chi connectivity index (χ1v) is 4.92. The molecule has 0 atom stereocenters. The molecule has 0 saturated carbocycles. The first-order chi connectivity index (χ1) is 8.08. The van der Waals surface area contributed by atoms with Crippen LogP contribution in [0.5, 0.6) is 0 Å². The van der Waals surface area contributed by atoms with Gasteiger partial charge >= 0.3 is 5.69 Å². The molecule has 6 nitrogen and oxygen atoms in total. The number of nitrogen functional groups attached to an aromatic ring is 1. The number of aromatic nitrogens is 2. The van der Waals surface area contributed by atoms with E-state index >= 15 is 0 Å². The molecular formula is C11H10N4O2. The maximum absolute atomic E-state index is 10.9. The fraction of sp³-hybridized carbons (Fsp3) is 0.0909. The SMILES string of the molecule is Cc1ccc(-c2nc(N)ncc2[N+](=O)[O-])cc1. The second kappa shape index (κ2) is 4.17. The van der Waals surface area contributed by atoms with Gasteiger partial charge in [-0.3, -0.25) is 10.1 Å². The van der Waals surface area contributed by atoms with Gasteiger partial charge in [0.15, 0.2) is 5.69 Å². The maximum atomic E-state index is 10.9. The van der Waals surface area contributed by atoms with Crippen LogP contribution >= 0.6 is 0 Å². The van der Waals surface area contributed by atoms with Crippen LogP contribution in [-0.4, -0.2) is 14.9 Å². The zero-order chi connectivity index (χ0) is 12.4. The molecule has 2 N–H and O–H groups in total. The zero-order valence-electron chi connectivity index (χ0n) is 9.12. The van der Waals surface area contributed by atoms with Gasteiger partial charge in [-0.1, -0.05) is 29.8 Å². The van der Waals surface area contributed by atoms with Gasteiger partial charge in [-0.2, -0.15) is 0 Å². The summed E-state index contributed by atoms with van der Waals surface area (Å²) in [5.41, 5.74) is 7.26. The Kier molecular flexibility index (Phi) is 2.70. The number of hydrogen-bond acceptors (Lipinski definition) is 5. The van der Waals surface area contributed by atoms with Gasteiger partial charge in [-0.25, -0.2) is 9.97 Å². The molecule has 2 aromatic rings. The first-order valence-electron chi connectivity index (χ1n) is 4.92. The Bertz CT molecular complexity index is 566. The van der Waals surface area contributed by atoms with Crippen LogP contribution in [0.2, 0.25) is 0 Å². The Morgan fingerprint density at radius 2 is 1.94 bits per heavy atom. The molecule has 17 heavy (non-hydrogen) atoms. The van der Waals surface area contributed by atoms with Crippen molar-refractivity contribution in [3.05, 3.63) is 46.1 Å². The summed E-state index contributed by atoms with van der Waals surface area (Å²) in [7, 11) is 0. The Hall–Kier alpha value is -2.50. The molecule has 0 radical (unpaired) electrons. The van der Waals surface area contributed by atoms with E-state index in [1.54, 1.807) is 12.1 Å². The molecular weight excluding hydrogens is 220 g/mol. The number of hydrogen-bond donors (Lipinski definition) is 1. The molecule has 0 aliphatic heterocycles. The van der Waals surface area contributed by atoms with E-state index in [-0.39, 0.29) is 17.3 Å². The molecule has 0 aliphatic rings. The molecule has 6 heteroatoms. The van der Waals surface area contributed by atoms with Crippen LogP contribution < -0.4 is 5.73 Å². The van der Waals surface area contributed by atoms with E-state index in [9.17, 15) is 10.1 Å². The van der Waals surface area contributed by atoms with Crippen LogP contribution in [0, 0.1) is 17.0 Å². The van der Waals surface area contributed by atoms with Crippen molar-refractivity contribution in [3.63, 3.8) is 0 Å². The summed E-state index contributed by atoms with van der Waals surface area (Å²) in [6.07, 6.45) is 1.12. The molecule has 0 unspecified atom stereocenters. The van der Waals surface area contributed by atoms with Crippen LogP contribution in [-0.2, 0) is 0 Å². The Labute approximate surface area is 97.3 Å². The van der Waals surface area contributed by atoms with Crippen molar-refractivity contribution >= 4 is 11.6 Å². The Morgan fingerprint density at radius 3 is 2.53 bits per heavy atom. The molecule has 1 aromatic heterocycles. The molecule has 1 aromatic carbocycles. The van der Waals surface area contributed by atoms with Crippen LogP contribution in [0.4, 0.5) is 11.6 Å². The van der Waals surface area contributed by atoms with Crippen LogP contribution in [0.25, 0.3) is 11.3 Å². The molecule has 0 amide bonds. The van der Waals surface area contributed by atoms with Gasteiger partial charge in [-0.15, -0.1) is 0 Å². The van der Waals surface area contributed by atoms with Gasteiger partial charge in [-0.05, 0) is 6.92 Å². The summed E-state index contributed by atoms with van der Waals surface area (Å²) in [5, 5.41) is 10.9. The van der Waals surface area contributed by atoms with Crippen molar-refractivity contribution in [3.8, 4) is 11.3 Å². The Morgan fingerprint density at radius 1 is 1.29 bits per heavy atom. The van der Waals surface area contributed by atoms with Gasteiger partial charge < -0.3 is 5.73 Å². The highest BCUT2D eigenvalue weighted by Gasteiger charge is 2.17. The van der Waals surface area contributed by atoms with E-state index in [2.05, 4.69) is 9.97 Å².